The molecule has 1 fully saturated rings. The molecule has 1 aromatic rings. The number of benzene rings is 1. The number of carbonyl (C=O) groups excluding carboxylic acids is 1. The highest BCUT2D eigenvalue weighted by atomic mass is 16.5. The maximum atomic E-state index is 12.5. The van der Waals surface area contributed by atoms with Gasteiger partial charge in [0.15, 0.2) is 0 Å². The Morgan fingerprint density at radius 1 is 1.33 bits per heavy atom. The van der Waals surface area contributed by atoms with Crippen LogP contribution in [0, 0.1) is 12.8 Å². The molecule has 1 atom stereocenters. The quantitative estimate of drug-likeness (QED) is 0.903. The van der Waals surface area contributed by atoms with Crippen molar-refractivity contribution in [3.05, 3.63) is 34.9 Å². The molecule has 114 valence electrons. The van der Waals surface area contributed by atoms with Crippen molar-refractivity contribution in [1.29, 1.82) is 0 Å². The summed E-state index contributed by atoms with van der Waals surface area (Å²) >= 11 is 0. The molecule has 21 heavy (non-hydrogen) atoms. The highest BCUT2D eigenvalue weighted by Crippen LogP contribution is 2.20. The Labute approximate surface area is 124 Å². The summed E-state index contributed by atoms with van der Waals surface area (Å²) in [6.07, 6.45) is 0.934. The van der Waals surface area contributed by atoms with E-state index >= 15 is 0 Å². The average molecular weight is 291 g/mol. The van der Waals surface area contributed by atoms with Crippen molar-refractivity contribution < 1.29 is 19.4 Å². The van der Waals surface area contributed by atoms with Crippen LogP contribution < -0.4 is 0 Å². The lowest BCUT2D eigenvalue weighted by molar-refractivity contribution is 0.0696. The molecule has 1 amide bonds. The van der Waals surface area contributed by atoms with Gasteiger partial charge in [-0.1, -0.05) is 0 Å². The largest absolute Gasteiger partial charge is 0.478 e. The lowest BCUT2D eigenvalue weighted by atomic mass is 10.1. The molecule has 1 N–H and O–H groups in total. The third-order valence-corrected chi connectivity index (χ3v) is 3.70. The first-order chi connectivity index (χ1) is 10.0. The van der Waals surface area contributed by atoms with E-state index in [0.29, 0.717) is 37.8 Å². The summed E-state index contributed by atoms with van der Waals surface area (Å²) in [5, 5.41) is 9.08. The van der Waals surface area contributed by atoms with Gasteiger partial charge in [0.05, 0.1) is 12.2 Å². The topological polar surface area (TPSA) is 66.8 Å². The van der Waals surface area contributed by atoms with Gasteiger partial charge in [-0.2, -0.15) is 0 Å². The van der Waals surface area contributed by atoms with Gasteiger partial charge in [-0.15, -0.1) is 0 Å². The highest BCUT2D eigenvalue weighted by molar-refractivity contribution is 5.98. The van der Waals surface area contributed by atoms with Crippen molar-refractivity contribution in [3.63, 3.8) is 0 Å². The number of hydrogen-bond donors (Lipinski definition) is 1. The molecule has 5 heteroatoms. The maximum absolute atomic E-state index is 12.5. The maximum Gasteiger partial charge on any atom is 0.335 e. The summed E-state index contributed by atoms with van der Waals surface area (Å²) in [7, 11) is 0. The van der Waals surface area contributed by atoms with E-state index in [1.54, 1.807) is 24.0 Å². The fourth-order valence-electron chi connectivity index (χ4n) is 2.65. The van der Waals surface area contributed by atoms with Gasteiger partial charge in [0.1, 0.15) is 0 Å². The smallest absolute Gasteiger partial charge is 0.335 e. The molecule has 0 radical (unpaired) electrons. The third kappa shape index (κ3) is 3.82. The van der Waals surface area contributed by atoms with Gasteiger partial charge in [-0.25, -0.2) is 4.79 Å². The molecule has 1 saturated heterocycles. The van der Waals surface area contributed by atoms with E-state index in [1.165, 1.54) is 6.07 Å². The number of carboxylic acids is 1. The summed E-state index contributed by atoms with van der Waals surface area (Å²) in [5.41, 5.74) is 1.39. The first-order valence-electron chi connectivity index (χ1n) is 7.23. The summed E-state index contributed by atoms with van der Waals surface area (Å²) in [4.78, 5) is 25.3. The number of rotatable bonds is 5. The minimum Gasteiger partial charge on any atom is -0.478 e. The highest BCUT2D eigenvalue weighted by Gasteiger charge is 2.27. The molecule has 1 aliphatic rings. The fourth-order valence-corrected chi connectivity index (χ4v) is 2.65. The van der Waals surface area contributed by atoms with Crippen LogP contribution in [0.25, 0.3) is 0 Å². The first-order valence-corrected chi connectivity index (χ1v) is 7.23. The van der Waals surface area contributed by atoms with Crippen LogP contribution in [0.3, 0.4) is 0 Å². The minimum absolute atomic E-state index is 0.0970. The predicted octanol–water partition coefficient (Wildman–Crippen LogP) is 2.19. The molecular weight excluding hydrogens is 270 g/mol. The Morgan fingerprint density at radius 2 is 2.05 bits per heavy atom. The lowest BCUT2D eigenvalue weighted by Gasteiger charge is -2.17. The number of amides is 1. The number of carbonyl (C=O) groups is 2. The monoisotopic (exact) mass is 291 g/mol. The van der Waals surface area contributed by atoms with Crippen LogP contribution in [0.5, 0.6) is 0 Å². The van der Waals surface area contributed by atoms with Crippen molar-refractivity contribution in [1.82, 2.24) is 4.90 Å². The number of hydrogen-bond acceptors (Lipinski definition) is 3. The van der Waals surface area contributed by atoms with Crippen LogP contribution in [-0.4, -0.2) is 48.2 Å². The van der Waals surface area contributed by atoms with Gasteiger partial charge in [-0.3, -0.25) is 4.79 Å². The molecule has 0 aromatic heterocycles. The first kappa shape index (κ1) is 15.5. The Morgan fingerprint density at radius 3 is 2.71 bits per heavy atom. The van der Waals surface area contributed by atoms with Crippen LogP contribution in [0.4, 0.5) is 0 Å². The van der Waals surface area contributed by atoms with Gasteiger partial charge in [-0.05, 0) is 44.0 Å². The normalized spacial score (nSPS) is 18.0. The van der Waals surface area contributed by atoms with Gasteiger partial charge >= 0.3 is 5.97 Å². The number of aryl methyl sites for hydroxylation is 1. The second-order valence-corrected chi connectivity index (χ2v) is 5.46. The molecular formula is C16H21NO4. The number of ether oxygens (including phenoxy) is 1. The van der Waals surface area contributed by atoms with Gasteiger partial charge in [0, 0.05) is 31.2 Å². The predicted molar refractivity (Wildman–Crippen MR) is 78.6 cm³/mol. The van der Waals surface area contributed by atoms with Gasteiger partial charge in [0.2, 0.25) is 0 Å². The SMILES string of the molecule is CCOCC1CCN(C(=O)c2cc(C)cc(C(=O)O)c2)C1. The van der Waals surface area contributed by atoms with E-state index in [1.807, 2.05) is 6.92 Å². The van der Waals surface area contributed by atoms with Crippen LogP contribution >= 0.6 is 0 Å². The Bertz CT molecular complexity index is 541. The zero-order chi connectivity index (χ0) is 15.4. The number of likely N-dealkylation sites (tertiary alicyclic amines) is 1. The summed E-state index contributed by atoms with van der Waals surface area (Å²) < 4.78 is 5.41. The summed E-state index contributed by atoms with van der Waals surface area (Å²) in [5.74, 6) is -0.735. The van der Waals surface area contributed by atoms with E-state index in [2.05, 4.69) is 0 Å². The Kier molecular flexibility index (Phi) is 4.96. The summed E-state index contributed by atoms with van der Waals surface area (Å²) in [6, 6.07) is 4.76. The molecule has 1 unspecified atom stereocenters. The Balaban J connectivity index is 2.09. The minimum atomic E-state index is -1.01. The molecule has 2 rings (SSSR count). The van der Waals surface area contributed by atoms with Crippen molar-refractivity contribution in [2.45, 2.75) is 20.3 Å². The molecule has 1 heterocycles. The molecule has 1 aliphatic heterocycles. The van der Waals surface area contributed by atoms with E-state index in [9.17, 15) is 9.59 Å². The van der Waals surface area contributed by atoms with Gasteiger partial charge in [0.25, 0.3) is 5.91 Å². The number of carboxylic acid groups (broad SMARTS) is 1. The molecule has 0 bridgehead atoms. The van der Waals surface area contributed by atoms with Crippen molar-refractivity contribution in [2.24, 2.45) is 5.92 Å². The zero-order valence-electron chi connectivity index (χ0n) is 12.5. The van der Waals surface area contributed by atoms with E-state index in [0.717, 1.165) is 12.0 Å². The number of aromatic carboxylic acids is 1. The third-order valence-electron chi connectivity index (χ3n) is 3.70. The van der Waals surface area contributed by atoms with Crippen molar-refractivity contribution in [2.75, 3.05) is 26.3 Å². The van der Waals surface area contributed by atoms with E-state index in [4.69, 9.17) is 9.84 Å². The Hall–Kier alpha value is -1.88. The number of nitrogens with zero attached hydrogens (tertiary/aromatic N) is 1. The van der Waals surface area contributed by atoms with E-state index in [-0.39, 0.29) is 11.5 Å². The van der Waals surface area contributed by atoms with E-state index < -0.39 is 5.97 Å². The second kappa shape index (κ2) is 6.72. The molecule has 0 aliphatic carbocycles. The molecule has 1 aromatic carbocycles. The standard InChI is InChI=1S/C16H21NO4/c1-3-21-10-12-4-5-17(9-12)15(18)13-6-11(2)7-14(8-13)16(19)20/h6-8,12H,3-5,9-10H2,1-2H3,(H,19,20). The second-order valence-electron chi connectivity index (χ2n) is 5.46. The lowest BCUT2D eigenvalue weighted by Crippen LogP contribution is -2.29. The van der Waals surface area contributed by atoms with Crippen molar-refractivity contribution in [3.8, 4) is 0 Å². The van der Waals surface area contributed by atoms with Crippen LogP contribution in [-0.2, 0) is 4.74 Å². The fraction of sp³-hybridized carbons (Fsp3) is 0.500. The molecule has 5 nitrogen and oxygen atoms in total. The van der Waals surface area contributed by atoms with Crippen LogP contribution in [0.2, 0.25) is 0 Å². The van der Waals surface area contributed by atoms with Gasteiger partial charge < -0.3 is 14.7 Å². The molecule has 0 spiro atoms. The van der Waals surface area contributed by atoms with Crippen LogP contribution in [0.15, 0.2) is 18.2 Å². The van der Waals surface area contributed by atoms with Crippen LogP contribution in [0.1, 0.15) is 39.6 Å². The average Bonchev–Trinajstić information content (AvgIpc) is 2.92. The molecule has 0 saturated carbocycles. The van der Waals surface area contributed by atoms with Crippen molar-refractivity contribution >= 4 is 11.9 Å². The summed E-state index contributed by atoms with van der Waals surface area (Å²) in [6.45, 7) is 6.49. The zero-order valence-corrected chi connectivity index (χ0v) is 12.5.